The van der Waals surface area contributed by atoms with Gasteiger partial charge in [0.2, 0.25) is 0 Å². The summed E-state index contributed by atoms with van der Waals surface area (Å²) in [5.74, 6) is 2.13. The first-order valence-electron chi connectivity index (χ1n) is 9.69. The van der Waals surface area contributed by atoms with Gasteiger partial charge in [0.05, 0.1) is 6.61 Å². The highest BCUT2D eigenvalue weighted by atomic mass is 35.5. The van der Waals surface area contributed by atoms with Crippen LogP contribution < -0.4 is 4.74 Å². The maximum absolute atomic E-state index is 11.4. The van der Waals surface area contributed by atoms with Crippen LogP contribution in [0.2, 0.25) is 5.02 Å². The highest BCUT2D eigenvalue weighted by Gasteiger charge is 2.11. The number of hydrogen-bond donors (Lipinski definition) is 0. The van der Waals surface area contributed by atoms with Crippen molar-refractivity contribution in [3.05, 3.63) is 76.0 Å². The molecule has 5 heteroatoms. The number of esters is 1. The van der Waals surface area contributed by atoms with Gasteiger partial charge in [0.1, 0.15) is 17.3 Å². The summed E-state index contributed by atoms with van der Waals surface area (Å²) in [6.07, 6.45) is 1.77. The molecule has 4 nitrogen and oxygen atoms in total. The van der Waals surface area contributed by atoms with Crippen molar-refractivity contribution in [2.24, 2.45) is 0 Å². The van der Waals surface area contributed by atoms with E-state index in [1.165, 1.54) is 11.1 Å². The van der Waals surface area contributed by atoms with Gasteiger partial charge in [0.25, 0.3) is 0 Å². The Kier molecular flexibility index (Phi) is 6.99. The Hall–Kier alpha value is -2.72. The number of carbonyl (C=O) groups is 1. The Bertz CT molecular complexity index is 973. The molecule has 0 unspecified atom stereocenters. The second-order valence-corrected chi connectivity index (χ2v) is 7.33. The van der Waals surface area contributed by atoms with Crippen LogP contribution in [-0.4, -0.2) is 19.2 Å². The lowest BCUT2D eigenvalue weighted by Gasteiger charge is -2.10. The van der Waals surface area contributed by atoms with E-state index in [1.54, 1.807) is 6.92 Å². The fourth-order valence-electron chi connectivity index (χ4n) is 3.17. The van der Waals surface area contributed by atoms with E-state index >= 15 is 0 Å². The molecule has 0 fully saturated rings. The van der Waals surface area contributed by atoms with Gasteiger partial charge in [-0.1, -0.05) is 23.7 Å². The van der Waals surface area contributed by atoms with Crippen LogP contribution in [-0.2, 0) is 22.4 Å². The first-order chi connectivity index (χ1) is 14.0. The summed E-state index contributed by atoms with van der Waals surface area (Å²) in [6.45, 7) is 6.03. The number of aryl methyl sites for hydroxylation is 4. The van der Waals surface area contributed by atoms with Crippen LogP contribution >= 0.6 is 11.6 Å². The lowest BCUT2D eigenvalue weighted by Crippen LogP contribution is -2.15. The molecule has 0 aliphatic heterocycles. The Morgan fingerprint density at radius 1 is 1.03 bits per heavy atom. The van der Waals surface area contributed by atoms with Crippen molar-refractivity contribution >= 4 is 17.6 Å². The zero-order chi connectivity index (χ0) is 20.8. The maximum atomic E-state index is 11.4. The molecule has 1 heterocycles. The zero-order valence-electron chi connectivity index (χ0n) is 17.0. The largest absolute Gasteiger partial charge is 0.482 e. The molecule has 0 spiro atoms. The average molecular weight is 413 g/mol. The maximum Gasteiger partial charge on any atom is 0.344 e. The van der Waals surface area contributed by atoms with Crippen LogP contribution in [0.25, 0.3) is 11.3 Å². The first-order valence-corrected chi connectivity index (χ1v) is 10.1. The lowest BCUT2D eigenvalue weighted by molar-refractivity contribution is -0.145. The number of hydrogen-bond acceptors (Lipinski definition) is 4. The molecule has 0 saturated heterocycles. The highest BCUT2D eigenvalue weighted by molar-refractivity contribution is 6.30. The van der Waals surface area contributed by atoms with Crippen molar-refractivity contribution in [3.63, 3.8) is 0 Å². The summed E-state index contributed by atoms with van der Waals surface area (Å²) in [4.78, 5) is 11.4. The van der Waals surface area contributed by atoms with E-state index in [0.717, 1.165) is 35.5 Å². The number of carbonyl (C=O) groups excluding carboxylic acids is 1. The molecule has 152 valence electrons. The van der Waals surface area contributed by atoms with Crippen LogP contribution in [0.4, 0.5) is 0 Å². The van der Waals surface area contributed by atoms with Gasteiger partial charge in [-0.25, -0.2) is 4.79 Å². The molecule has 0 aliphatic rings. The van der Waals surface area contributed by atoms with Gasteiger partial charge < -0.3 is 13.9 Å². The third-order valence-corrected chi connectivity index (χ3v) is 4.97. The van der Waals surface area contributed by atoms with Crippen molar-refractivity contribution in [1.29, 1.82) is 0 Å². The minimum atomic E-state index is -0.358. The van der Waals surface area contributed by atoms with Crippen molar-refractivity contribution in [2.75, 3.05) is 13.2 Å². The monoisotopic (exact) mass is 412 g/mol. The van der Waals surface area contributed by atoms with E-state index in [2.05, 4.69) is 12.1 Å². The van der Waals surface area contributed by atoms with Crippen LogP contribution in [0.3, 0.4) is 0 Å². The predicted molar refractivity (Wildman–Crippen MR) is 115 cm³/mol. The molecular weight excluding hydrogens is 388 g/mol. The van der Waals surface area contributed by atoms with Crippen LogP contribution in [0.1, 0.15) is 29.4 Å². The molecule has 2 aromatic carbocycles. The topological polar surface area (TPSA) is 48.7 Å². The van der Waals surface area contributed by atoms with Gasteiger partial charge in [-0.05, 0) is 86.7 Å². The van der Waals surface area contributed by atoms with E-state index in [1.807, 2.05) is 50.2 Å². The summed E-state index contributed by atoms with van der Waals surface area (Å²) < 4.78 is 16.4. The molecule has 0 atom stereocenters. The van der Waals surface area contributed by atoms with Gasteiger partial charge in [-0.15, -0.1) is 0 Å². The molecule has 0 bridgehead atoms. The molecular formula is C24H25ClO4. The number of ether oxygens (including phenoxy) is 2. The molecule has 0 saturated carbocycles. The number of furan rings is 1. The summed E-state index contributed by atoms with van der Waals surface area (Å²) in [5.41, 5.74) is 4.41. The van der Waals surface area contributed by atoms with Crippen molar-refractivity contribution in [2.45, 2.75) is 33.6 Å². The van der Waals surface area contributed by atoms with Gasteiger partial charge in [-0.3, -0.25) is 0 Å². The predicted octanol–water partition coefficient (Wildman–Crippen LogP) is 5.94. The average Bonchev–Trinajstić information content (AvgIpc) is 3.07. The van der Waals surface area contributed by atoms with Crippen molar-refractivity contribution in [1.82, 2.24) is 0 Å². The molecule has 3 aromatic rings. The second-order valence-electron chi connectivity index (χ2n) is 6.89. The molecule has 29 heavy (non-hydrogen) atoms. The Labute approximate surface area is 176 Å². The van der Waals surface area contributed by atoms with Crippen molar-refractivity contribution < 1.29 is 18.7 Å². The Balaban J connectivity index is 1.62. The fraction of sp³-hybridized carbons (Fsp3) is 0.292. The van der Waals surface area contributed by atoms with Gasteiger partial charge in [0, 0.05) is 10.6 Å². The Morgan fingerprint density at radius 2 is 1.79 bits per heavy atom. The highest BCUT2D eigenvalue weighted by Crippen LogP contribution is 2.28. The minimum absolute atomic E-state index is 0.0737. The number of halogens is 1. The smallest absolute Gasteiger partial charge is 0.344 e. The molecule has 0 amide bonds. The summed E-state index contributed by atoms with van der Waals surface area (Å²) in [6, 6.07) is 15.8. The minimum Gasteiger partial charge on any atom is -0.482 e. The Morgan fingerprint density at radius 3 is 2.48 bits per heavy atom. The van der Waals surface area contributed by atoms with Gasteiger partial charge in [-0.2, -0.15) is 0 Å². The zero-order valence-corrected chi connectivity index (χ0v) is 17.7. The van der Waals surface area contributed by atoms with E-state index in [-0.39, 0.29) is 12.6 Å². The molecule has 0 aliphatic carbocycles. The van der Waals surface area contributed by atoms with Crippen LogP contribution in [0.5, 0.6) is 5.75 Å². The normalized spacial score (nSPS) is 10.8. The molecule has 0 N–H and O–H groups in total. The van der Waals surface area contributed by atoms with Gasteiger partial charge in [0.15, 0.2) is 6.61 Å². The summed E-state index contributed by atoms with van der Waals surface area (Å²) in [7, 11) is 0. The number of benzene rings is 2. The van der Waals surface area contributed by atoms with Crippen LogP contribution in [0.15, 0.2) is 52.9 Å². The number of rotatable bonds is 8. The third-order valence-electron chi connectivity index (χ3n) is 4.72. The second kappa shape index (κ2) is 9.66. The molecule has 0 radical (unpaired) electrons. The van der Waals surface area contributed by atoms with Gasteiger partial charge >= 0.3 is 5.97 Å². The van der Waals surface area contributed by atoms with E-state index in [0.29, 0.717) is 17.4 Å². The third kappa shape index (κ3) is 5.64. The van der Waals surface area contributed by atoms with E-state index in [9.17, 15) is 4.79 Å². The standard InChI is InChI=1S/C24H25ClO4/c1-4-27-24(26)15-28-22-12-6-18(13-16(22)2)5-7-20-14-23(29-17(20)3)19-8-10-21(25)11-9-19/h6,8-14H,4-5,7,15H2,1-3H3. The lowest BCUT2D eigenvalue weighted by atomic mass is 10.0. The molecule has 3 rings (SSSR count). The quantitative estimate of drug-likeness (QED) is 0.429. The first kappa shape index (κ1) is 21.0. The molecule has 1 aromatic heterocycles. The van der Waals surface area contributed by atoms with E-state index < -0.39 is 0 Å². The van der Waals surface area contributed by atoms with Crippen molar-refractivity contribution in [3.8, 4) is 17.1 Å². The SMILES string of the molecule is CCOC(=O)COc1ccc(CCc2cc(-c3ccc(Cl)cc3)oc2C)cc1C. The van der Waals surface area contributed by atoms with Crippen LogP contribution in [0, 0.1) is 13.8 Å². The van der Waals surface area contributed by atoms with E-state index in [4.69, 9.17) is 25.5 Å². The summed E-state index contributed by atoms with van der Waals surface area (Å²) in [5, 5.41) is 0.710. The summed E-state index contributed by atoms with van der Waals surface area (Å²) >= 11 is 5.96. The fourth-order valence-corrected chi connectivity index (χ4v) is 3.30.